The Labute approximate surface area is 146 Å². The molecule has 1 aromatic heterocycles. The molecule has 0 fully saturated rings. The molecule has 0 aliphatic carbocycles. The quantitative estimate of drug-likeness (QED) is 0.616. The number of carbonyl (C=O) groups is 2. The molecule has 6 nitrogen and oxygen atoms in total. The van der Waals surface area contributed by atoms with Crippen molar-refractivity contribution < 1.29 is 19.1 Å². The lowest BCUT2D eigenvalue weighted by Crippen LogP contribution is -2.09. The first kappa shape index (κ1) is 18.2. The summed E-state index contributed by atoms with van der Waals surface area (Å²) in [7, 11) is 0. The lowest BCUT2D eigenvalue weighted by Gasteiger charge is -2.09. The number of nitrogens with one attached hydrogen (secondary N) is 1. The highest BCUT2D eigenvalue weighted by Gasteiger charge is 2.13. The number of carbonyl (C=O) groups excluding carboxylic acids is 2. The van der Waals surface area contributed by atoms with Crippen LogP contribution in [0, 0.1) is 0 Å². The van der Waals surface area contributed by atoms with Crippen LogP contribution in [0.5, 0.6) is 0 Å². The van der Waals surface area contributed by atoms with Gasteiger partial charge in [0, 0.05) is 12.4 Å². The zero-order valence-electron chi connectivity index (χ0n) is 14.2. The number of ether oxygens (including phenoxy) is 2. The van der Waals surface area contributed by atoms with E-state index in [0.717, 1.165) is 5.56 Å². The van der Waals surface area contributed by atoms with Crippen LogP contribution in [0.4, 0.5) is 5.82 Å². The number of pyridine rings is 1. The molecule has 2 rings (SSSR count). The molecule has 0 saturated carbocycles. The van der Waals surface area contributed by atoms with Gasteiger partial charge in [-0.15, -0.1) is 0 Å². The van der Waals surface area contributed by atoms with Crippen molar-refractivity contribution in [3.8, 4) is 0 Å². The molecule has 0 unspecified atom stereocenters. The second-order valence-electron chi connectivity index (χ2n) is 4.94. The molecule has 0 radical (unpaired) electrons. The van der Waals surface area contributed by atoms with Gasteiger partial charge in [-0.1, -0.05) is 30.3 Å². The SMILES string of the molecule is CCOC(=O)/C(=C\Nc1cc(C(=O)OCC)ccn1)c1ccccc1. The average Bonchev–Trinajstić information content (AvgIpc) is 2.63. The monoisotopic (exact) mass is 340 g/mol. The average molecular weight is 340 g/mol. The van der Waals surface area contributed by atoms with Gasteiger partial charge in [0.25, 0.3) is 0 Å². The number of hydrogen-bond donors (Lipinski definition) is 1. The van der Waals surface area contributed by atoms with Crippen LogP contribution >= 0.6 is 0 Å². The van der Waals surface area contributed by atoms with E-state index in [4.69, 9.17) is 9.47 Å². The highest BCUT2D eigenvalue weighted by molar-refractivity contribution is 6.16. The molecule has 0 atom stereocenters. The van der Waals surface area contributed by atoms with Crippen molar-refractivity contribution in [2.45, 2.75) is 13.8 Å². The van der Waals surface area contributed by atoms with Crippen LogP contribution in [0.2, 0.25) is 0 Å². The fraction of sp³-hybridized carbons (Fsp3) is 0.211. The minimum absolute atomic E-state index is 0.277. The van der Waals surface area contributed by atoms with Crippen LogP contribution in [0.3, 0.4) is 0 Å². The molecule has 1 aromatic carbocycles. The second-order valence-corrected chi connectivity index (χ2v) is 4.94. The zero-order valence-corrected chi connectivity index (χ0v) is 14.2. The van der Waals surface area contributed by atoms with E-state index < -0.39 is 11.9 Å². The summed E-state index contributed by atoms with van der Waals surface area (Å²) in [5, 5.41) is 2.94. The minimum atomic E-state index is -0.442. The largest absolute Gasteiger partial charge is 0.462 e. The van der Waals surface area contributed by atoms with Crippen LogP contribution in [-0.2, 0) is 14.3 Å². The lowest BCUT2D eigenvalue weighted by atomic mass is 10.1. The summed E-state index contributed by atoms with van der Waals surface area (Å²) in [4.78, 5) is 28.1. The van der Waals surface area contributed by atoms with Crippen molar-refractivity contribution in [2.75, 3.05) is 18.5 Å². The number of nitrogens with zero attached hydrogens (tertiary/aromatic N) is 1. The van der Waals surface area contributed by atoms with Gasteiger partial charge >= 0.3 is 11.9 Å². The van der Waals surface area contributed by atoms with E-state index in [9.17, 15) is 9.59 Å². The van der Waals surface area contributed by atoms with E-state index in [0.29, 0.717) is 23.6 Å². The van der Waals surface area contributed by atoms with Gasteiger partial charge in [-0.05, 0) is 31.5 Å². The van der Waals surface area contributed by atoms with Gasteiger partial charge in [0.15, 0.2) is 0 Å². The first-order chi connectivity index (χ1) is 12.2. The Balaban J connectivity index is 2.25. The predicted molar refractivity (Wildman–Crippen MR) is 94.9 cm³/mol. The first-order valence-corrected chi connectivity index (χ1v) is 7.98. The summed E-state index contributed by atoms with van der Waals surface area (Å²) in [6, 6.07) is 12.3. The van der Waals surface area contributed by atoms with Gasteiger partial charge in [0.1, 0.15) is 5.82 Å². The summed E-state index contributed by atoms with van der Waals surface area (Å²) < 4.78 is 10.1. The maximum absolute atomic E-state index is 12.2. The number of benzene rings is 1. The normalized spacial score (nSPS) is 10.9. The third-order valence-corrected chi connectivity index (χ3v) is 3.22. The van der Waals surface area contributed by atoms with Crippen LogP contribution in [0.1, 0.15) is 29.8 Å². The van der Waals surface area contributed by atoms with Gasteiger partial charge < -0.3 is 14.8 Å². The molecule has 0 aliphatic heterocycles. The van der Waals surface area contributed by atoms with E-state index in [-0.39, 0.29) is 6.61 Å². The van der Waals surface area contributed by atoms with Crippen molar-refractivity contribution in [3.63, 3.8) is 0 Å². The molecular formula is C19H20N2O4. The first-order valence-electron chi connectivity index (χ1n) is 7.98. The van der Waals surface area contributed by atoms with Gasteiger partial charge in [0.05, 0.1) is 24.4 Å². The van der Waals surface area contributed by atoms with Crippen molar-refractivity contribution >= 4 is 23.3 Å². The van der Waals surface area contributed by atoms with E-state index in [1.54, 1.807) is 26.0 Å². The van der Waals surface area contributed by atoms with Crippen LogP contribution < -0.4 is 5.32 Å². The number of rotatable bonds is 7. The molecule has 130 valence electrons. The second kappa shape index (κ2) is 9.22. The smallest absolute Gasteiger partial charge is 0.340 e. The standard InChI is InChI=1S/C19H20N2O4/c1-3-24-18(22)15-10-11-20-17(12-15)21-13-16(19(23)25-4-2)14-8-6-5-7-9-14/h5-13H,3-4H2,1-2H3,(H,20,21)/b16-13-. The van der Waals surface area contributed by atoms with E-state index in [1.807, 2.05) is 30.3 Å². The van der Waals surface area contributed by atoms with E-state index >= 15 is 0 Å². The summed E-state index contributed by atoms with van der Waals surface area (Å²) in [5.41, 5.74) is 1.46. The summed E-state index contributed by atoms with van der Waals surface area (Å²) in [6.45, 7) is 4.06. The maximum Gasteiger partial charge on any atom is 0.340 e. The molecule has 0 bridgehead atoms. The molecular weight excluding hydrogens is 320 g/mol. The predicted octanol–water partition coefficient (Wildman–Crippen LogP) is 3.27. The Morgan fingerprint density at radius 3 is 2.44 bits per heavy atom. The molecule has 0 saturated heterocycles. The Morgan fingerprint density at radius 1 is 1.04 bits per heavy atom. The third-order valence-electron chi connectivity index (χ3n) is 3.22. The van der Waals surface area contributed by atoms with Crippen LogP contribution in [0.25, 0.3) is 5.57 Å². The molecule has 0 spiro atoms. The maximum atomic E-state index is 12.2. The Hall–Kier alpha value is -3.15. The van der Waals surface area contributed by atoms with Crippen molar-refractivity contribution in [1.82, 2.24) is 4.98 Å². The number of anilines is 1. The van der Waals surface area contributed by atoms with Crippen LogP contribution in [-0.4, -0.2) is 30.1 Å². The zero-order chi connectivity index (χ0) is 18.1. The number of hydrogen-bond acceptors (Lipinski definition) is 6. The van der Waals surface area contributed by atoms with Gasteiger partial charge in [0.2, 0.25) is 0 Å². The molecule has 1 N–H and O–H groups in total. The van der Waals surface area contributed by atoms with Gasteiger partial charge in [-0.3, -0.25) is 0 Å². The highest BCUT2D eigenvalue weighted by atomic mass is 16.5. The summed E-state index contributed by atoms with van der Waals surface area (Å²) in [6.07, 6.45) is 3.01. The van der Waals surface area contributed by atoms with Crippen molar-refractivity contribution in [2.24, 2.45) is 0 Å². The minimum Gasteiger partial charge on any atom is -0.462 e. The number of aromatic nitrogens is 1. The third kappa shape index (κ3) is 5.17. The van der Waals surface area contributed by atoms with E-state index in [2.05, 4.69) is 10.3 Å². The lowest BCUT2D eigenvalue weighted by molar-refractivity contribution is -0.136. The molecule has 6 heteroatoms. The van der Waals surface area contributed by atoms with Crippen LogP contribution in [0.15, 0.2) is 54.9 Å². The fourth-order valence-electron chi connectivity index (χ4n) is 2.08. The summed E-state index contributed by atoms with van der Waals surface area (Å²) in [5.74, 6) is -0.448. The number of esters is 2. The van der Waals surface area contributed by atoms with Gasteiger partial charge in [-0.25, -0.2) is 14.6 Å². The topological polar surface area (TPSA) is 77.5 Å². The van der Waals surface area contributed by atoms with E-state index in [1.165, 1.54) is 12.4 Å². The Bertz CT molecular complexity index is 757. The van der Waals surface area contributed by atoms with Gasteiger partial charge in [-0.2, -0.15) is 0 Å². The fourth-order valence-corrected chi connectivity index (χ4v) is 2.08. The van der Waals surface area contributed by atoms with Crippen molar-refractivity contribution in [3.05, 3.63) is 66.0 Å². The van der Waals surface area contributed by atoms with Crippen molar-refractivity contribution in [1.29, 1.82) is 0 Å². The Morgan fingerprint density at radius 2 is 1.76 bits per heavy atom. The molecule has 0 amide bonds. The highest BCUT2D eigenvalue weighted by Crippen LogP contribution is 2.17. The summed E-state index contributed by atoms with van der Waals surface area (Å²) >= 11 is 0. The molecule has 1 heterocycles. The molecule has 0 aliphatic rings. The molecule has 25 heavy (non-hydrogen) atoms. The Kier molecular flexibility index (Phi) is 6.71. The molecule has 2 aromatic rings.